The van der Waals surface area contributed by atoms with Crippen LogP contribution < -0.4 is 14.8 Å². The first-order chi connectivity index (χ1) is 15.2. The van der Waals surface area contributed by atoms with Crippen molar-refractivity contribution in [3.63, 3.8) is 0 Å². The fourth-order valence-corrected chi connectivity index (χ4v) is 2.89. The number of hydrogen-bond acceptors (Lipinski definition) is 3. The third-order valence-electron chi connectivity index (χ3n) is 4.36. The first-order valence-electron chi connectivity index (χ1n) is 9.90. The first kappa shape index (κ1) is 20.0. The number of ether oxygens (including phenoxy) is 2. The smallest absolute Gasteiger partial charge is 0.248 e. The van der Waals surface area contributed by atoms with Gasteiger partial charge in [0.25, 0.3) is 0 Å². The minimum atomic E-state index is -0.217. The Bertz CT molecular complexity index is 1150. The zero-order valence-electron chi connectivity index (χ0n) is 16.8. The molecule has 4 aromatic carbocycles. The fraction of sp³-hybridized carbons (Fsp3) is 0. The van der Waals surface area contributed by atoms with Crippen molar-refractivity contribution in [3.8, 4) is 23.0 Å². The van der Waals surface area contributed by atoms with Gasteiger partial charge in [-0.3, -0.25) is 4.79 Å². The predicted molar refractivity (Wildman–Crippen MR) is 124 cm³/mol. The van der Waals surface area contributed by atoms with Crippen molar-refractivity contribution in [2.45, 2.75) is 0 Å². The van der Waals surface area contributed by atoms with Gasteiger partial charge in [-0.05, 0) is 72.3 Å². The number of carbonyl (C=O) groups is 1. The summed E-state index contributed by atoms with van der Waals surface area (Å²) >= 11 is 0. The molecule has 152 valence electrons. The Morgan fingerprint density at radius 3 is 1.81 bits per heavy atom. The summed E-state index contributed by atoms with van der Waals surface area (Å²) in [6.07, 6.45) is 3.25. The Morgan fingerprint density at radius 1 is 0.613 bits per heavy atom. The maximum absolute atomic E-state index is 12.3. The van der Waals surface area contributed by atoms with Gasteiger partial charge in [-0.25, -0.2) is 0 Å². The standard InChI is InChI=1S/C27H21NO3/c29-27(28-22-15-17-25(18-16-22)30-23-9-3-1-4-10-23)19-14-21-8-7-13-26(20-21)31-24-11-5-2-6-12-24/h1-20H,(H,28,29)/b19-14+. The highest BCUT2D eigenvalue weighted by molar-refractivity contribution is 6.01. The van der Waals surface area contributed by atoms with Crippen LogP contribution in [0, 0.1) is 0 Å². The number of anilines is 1. The number of hydrogen-bond donors (Lipinski definition) is 1. The van der Waals surface area contributed by atoms with Crippen LogP contribution in [0.2, 0.25) is 0 Å². The van der Waals surface area contributed by atoms with Gasteiger partial charge in [-0.2, -0.15) is 0 Å². The number of carbonyl (C=O) groups excluding carboxylic acids is 1. The molecule has 4 heteroatoms. The molecule has 0 aliphatic heterocycles. The lowest BCUT2D eigenvalue weighted by Crippen LogP contribution is -2.07. The van der Waals surface area contributed by atoms with E-state index in [0.29, 0.717) is 17.2 Å². The molecular formula is C27H21NO3. The molecule has 0 saturated heterocycles. The lowest BCUT2D eigenvalue weighted by Gasteiger charge is -2.07. The Labute approximate surface area is 181 Å². The molecule has 0 heterocycles. The average Bonchev–Trinajstić information content (AvgIpc) is 2.81. The van der Waals surface area contributed by atoms with E-state index in [1.165, 1.54) is 6.08 Å². The van der Waals surface area contributed by atoms with Crippen LogP contribution in [0.25, 0.3) is 6.08 Å². The summed E-state index contributed by atoms with van der Waals surface area (Å²) in [6.45, 7) is 0. The lowest BCUT2D eigenvalue weighted by molar-refractivity contribution is -0.111. The van der Waals surface area contributed by atoms with Crippen molar-refractivity contribution in [2.24, 2.45) is 0 Å². The average molecular weight is 407 g/mol. The highest BCUT2D eigenvalue weighted by atomic mass is 16.5. The quantitative estimate of drug-likeness (QED) is 0.338. The molecular weight excluding hydrogens is 386 g/mol. The molecule has 4 nitrogen and oxygen atoms in total. The summed E-state index contributed by atoms with van der Waals surface area (Å²) in [7, 11) is 0. The van der Waals surface area contributed by atoms with E-state index in [1.807, 2.05) is 97.1 Å². The van der Waals surface area contributed by atoms with Crippen molar-refractivity contribution in [2.75, 3.05) is 5.32 Å². The Balaban J connectivity index is 1.33. The van der Waals surface area contributed by atoms with Gasteiger partial charge in [0.1, 0.15) is 23.0 Å². The van der Waals surface area contributed by atoms with Crippen LogP contribution >= 0.6 is 0 Å². The van der Waals surface area contributed by atoms with Gasteiger partial charge in [0, 0.05) is 11.8 Å². The second-order valence-corrected chi connectivity index (χ2v) is 6.75. The highest BCUT2D eigenvalue weighted by Gasteiger charge is 2.01. The molecule has 0 saturated carbocycles. The minimum Gasteiger partial charge on any atom is -0.457 e. The molecule has 0 spiro atoms. The monoisotopic (exact) mass is 407 g/mol. The molecule has 0 aliphatic rings. The van der Waals surface area contributed by atoms with E-state index < -0.39 is 0 Å². The first-order valence-corrected chi connectivity index (χ1v) is 9.90. The zero-order valence-corrected chi connectivity index (χ0v) is 16.8. The second-order valence-electron chi connectivity index (χ2n) is 6.75. The third-order valence-corrected chi connectivity index (χ3v) is 4.36. The van der Waals surface area contributed by atoms with Crippen molar-refractivity contribution in [1.82, 2.24) is 0 Å². The Morgan fingerprint density at radius 2 is 1.16 bits per heavy atom. The van der Waals surface area contributed by atoms with Crippen LogP contribution in [0.15, 0.2) is 115 Å². The topological polar surface area (TPSA) is 47.6 Å². The summed E-state index contributed by atoms with van der Waals surface area (Å²) in [4.78, 5) is 12.3. The third kappa shape index (κ3) is 6.08. The van der Waals surface area contributed by atoms with E-state index in [9.17, 15) is 4.79 Å². The van der Waals surface area contributed by atoms with E-state index in [2.05, 4.69) is 5.32 Å². The normalized spacial score (nSPS) is 10.6. The zero-order chi connectivity index (χ0) is 21.3. The molecule has 0 atom stereocenters. The van der Waals surface area contributed by atoms with Gasteiger partial charge in [0.05, 0.1) is 0 Å². The van der Waals surface area contributed by atoms with E-state index in [0.717, 1.165) is 17.1 Å². The van der Waals surface area contributed by atoms with Gasteiger partial charge in [0.15, 0.2) is 0 Å². The largest absolute Gasteiger partial charge is 0.457 e. The molecule has 0 fully saturated rings. The van der Waals surface area contributed by atoms with E-state index in [1.54, 1.807) is 18.2 Å². The molecule has 0 radical (unpaired) electrons. The summed E-state index contributed by atoms with van der Waals surface area (Å²) in [6, 6.07) is 33.9. The molecule has 1 N–H and O–H groups in total. The molecule has 31 heavy (non-hydrogen) atoms. The lowest BCUT2D eigenvalue weighted by atomic mass is 10.2. The molecule has 0 aromatic heterocycles. The Hall–Kier alpha value is -4.31. The molecule has 0 aliphatic carbocycles. The molecule has 1 amide bonds. The SMILES string of the molecule is O=C(/C=C/c1cccc(Oc2ccccc2)c1)Nc1ccc(Oc2ccccc2)cc1. The van der Waals surface area contributed by atoms with E-state index in [-0.39, 0.29) is 5.91 Å². The Kier molecular flexibility index (Phi) is 6.41. The predicted octanol–water partition coefficient (Wildman–Crippen LogP) is 6.92. The van der Waals surface area contributed by atoms with Gasteiger partial charge < -0.3 is 14.8 Å². The molecule has 0 unspecified atom stereocenters. The molecule has 4 aromatic rings. The van der Waals surface area contributed by atoms with Crippen LogP contribution in [0.5, 0.6) is 23.0 Å². The number of benzene rings is 4. The number of amides is 1. The van der Waals surface area contributed by atoms with Gasteiger partial charge >= 0.3 is 0 Å². The maximum atomic E-state index is 12.3. The second kappa shape index (κ2) is 9.94. The van der Waals surface area contributed by atoms with Gasteiger partial charge in [0.2, 0.25) is 5.91 Å². The minimum absolute atomic E-state index is 0.217. The number of para-hydroxylation sites is 2. The molecule has 4 rings (SSSR count). The van der Waals surface area contributed by atoms with Crippen molar-refractivity contribution >= 4 is 17.7 Å². The van der Waals surface area contributed by atoms with Crippen molar-refractivity contribution < 1.29 is 14.3 Å². The summed E-state index contributed by atoms with van der Waals surface area (Å²) in [5.74, 6) is 2.73. The van der Waals surface area contributed by atoms with Gasteiger partial charge in [-0.15, -0.1) is 0 Å². The summed E-state index contributed by atoms with van der Waals surface area (Å²) in [5.41, 5.74) is 1.56. The van der Waals surface area contributed by atoms with Crippen molar-refractivity contribution in [1.29, 1.82) is 0 Å². The fourth-order valence-electron chi connectivity index (χ4n) is 2.89. The van der Waals surface area contributed by atoms with E-state index in [4.69, 9.17) is 9.47 Å². The number of rotatable bonds is 7. The van der Waals surface area contributed by atoms with Crippen LogP contribution in [-0.2, 0) is 4.79 Å². The summed E-state index contributed by atoms with van der Waals surface area (Å²) < 4.78 is 11.6. The van der Waals surface area contributed by atoms with Crippen LogP contribution in [0.4, 0.5) is 5.69 Å². The number of nitrogens with one attached hydrogen (secondary N) is 1. The summed E-state index contributed by atoms with van der Waals surface area (Å²) in [5, 5.41) is 2.85. The maximum Gasteiger partial charge on any atom is 0.248 e. The van der Waals surface area contributed by atoms with Crippen LogP contribution in [0.1, 0.15) is 5.56 Å². The van der Waals surface area contributed by atoms with E-state index >= 15 is 0 Å². The van der Waals surface area contributed by atoms with Crippen LogP contribution in [-0.4, -0.2) is 5.91 Å². The van der Waals surface area contributed by atoms with Crippen molar-refractivity contribution in [3.05, 3.63) is 121 Å². The highest BCUT2D eigenvalue weighted by Crippen LogP contribution is 2.24. The van der Waals surface area contributed by atoms with Crippen LogP contribution in [0.3, 0.4) is 0 Å². The molecule has 0 bridgehead atoms. The van der Waals surface area contributed by atoms with Gasteiger partial charge in [-0.1, -0.05) is 48.5 Å².